The number of carbonyl (C=O) groups is 1. The highest BCUT2D eigenvalue weighted by atomic mass is 19.2. The number of ketones is 1. The van der Waals surface area contributed by atoms with Crippen molar-refractivity contribution in [1.82, 2.24) is 14.8 Å². The molecule has 0 amide bonds. The van der Waals surface area contributed by atoms with Crippen molar-refractivity contribution in [3.8, 4) is 0 Å². The number of piperidine rings is 2. The maximum atomic E-state index is 13.8. The smallest absolute Gasteiger partial charge is 0.194 e. The minimum absolute atomic E-state index is 0.0503. The van der Waals surface area contributed by atoms with Crippen LogP contribution in [0.1, 0.15) is 47.5 Å². The van der Waals surface area contributed by atoms with Gasteiger partial charge in [0, 0.05) is 54.1 Å². The van der Waals surface area contributed by atoms with Gasteiger partial charge in [-0.2, -0.15) is 0 Å². The highest BCUT2D eigenvalue weighted by Gasteiger charge is 2.33. The summed E-state index contributed by atoms with van der Waals surface area (Å²) in [6.07, 6.45) is 8.41. The van der Waals surface area contributed by atoms with Gasteiger partial charge in [0.2, 0.25) is 0 Å². The summed E-state index contributed by atoms with van der Waals surface area (Å²) in [5.41, 5.74) is 1.85. The van der Waals surface area contributed by atoms with E-state index in [4.69, 9.17) is 0 Å². The molecule has 2 fully saturated rings. The fourth-order valence-electron chi connectivity index (χ4n) is 5.98. The summed E-state index contributed by atoms with van der Waals surface area (Å²) in [5.74, 6) is -4.57. The van der Waals surface area contributed by atoms with Gasteiger partial charge >= 0.3 is 0 Å². The number of nitrogens with one attached hydrogen (secondary N) is 1. The van der Waals surface area contributed by atoms with E-state index in [2.05, 4.69) is 9.88 Å². The van der Waals surface area contributed by atoms with Crippen molar-refractivity contribution in [2.75, 3.05) is 32.8 Å². The number of allylic oxidation sites excluding steroid dienone is 1. The minimum atomic E-state index is -1.59. The van der Waals surface area contributed by atoms with Crippen LogP contribution in [0.3, 0.4) is 0 Å². The quantitative estimate of drug-likeness (QED) is 0.187. The molecule has 0 saturated carbocycles. The van der Waals surface area contributed by atoms with Gasteiger partial charge in [-0.3, -0.25) is 9.69 Å². The summed E-state index contributed by atoms with van der Waals surface area (Å²) in [6.45, 7) is 3.17. The molecule has 3 heterocycles. The Hall–Kier alpha value is -3.17. The van der Waals surface area contributed by atoms with Gasteiger partial charge in [0.25, 0.3) is 0 Å². The number of hydrogen-bond acceptors (Lipinski definition) is 4. The molecule has 9 heteroatoms. The monoisotopic (exact) mass is 529 g/mol. The lowest BCUT2D eigenvalue weighted by Crippen LogP contribution is -2.49. The van der Waals surface area contributed by atoms with E-state index in [1.807, 2.05) is 11.1 Å². The predicted octanol–water partition coefficient (Wildman–Crippen LogP) is 5.37. The molecule has 2 aliphatic heterocycles. The Morgan fingerprint density at radius 1 is 1.00 bits per heavy atom. The van der Waals surface area contributed by atoms with E-state index >= 15 is 0 Å². The maximum absolute atomic E-state index is 13.8. The summed E-state index contributed by atoms with van der Waals surface area (Å²) in [7, 11) is 0. The van der Waals surface area contributed by atoms with Crippen molar-refractivity contribution in [2.45, 2.75) is 37.6 Å². The number of hydrogen-bond donors (Lipinski definition) is 2. The van der Waals surface area contributed by atoms with Crippen molar-refractivity contribution >= 4 is 16.7 Å². The number of aromatic nitrogens is 1. The Morgan fingerprint density at radius 2 is 1.68 bits per heavy atom. The molecular weight excluding hydrogens is 498 g/mol. The molecule has 0 bridgehead atoms. The van der Waals surface area contributed by atoms with E-state index < -0.39 is 23.2 Å². The lowest BCUT2D eigenvalue weighted by Gasteiger charge is -2.43. The van der Waals surface area contributed by atoms with Crippen LogP contribution in [0.4, 0.5) is 17.6 Å². The summed E-state index contributed by atoms with van der Waals surface area (Å²) in [5, 5.41) is 11.2. The van der Waals surface area contributed by atoms with Crippen LogP contribution < -0.4 is 0 Å². The molecule has 2 saturated heterocycles. The number of H-pyrrole nitrogens is 1. The molecule has 5 nitrogen and oxygen atoms in total. The average Bonchev–Trinajstić information content (AvgIpc) is 3.34. The van der Waals surface area contributed by atoms with Crippen molar-refractivity contribution in [3.05, 3.63) is 83.2 Å². The van der Waals surface area contributed by atoms with Crippen LogP contribution in [0.15, 0.2) is 48.8 Å². The first-order valence-corrected chi connectivity index (χ1v) is 13.1. The van der Waals surface area contributed by atoms with Crippen LogP contribution in [-0.4, -0.2) is 64.5 Å². The number of benzene rings is 2. The molecule has 2 N–H and O–H groups in total. The fraction of sp³-hybridized carbons (Fsp3) is 0.414. The zero-order chi connectivity index (χ0) is 26.8. The molecule has 2 aromatic carbocycles. The zero-order valence-corrected chi connectivity index (χ0v) is 21.0. The summed E-state index contributed by atoms with van der Waals surface area (Å²) in [6, 6.07) is 6.27. The normalized spacial score (nSPS) is 19.0. The van der Waals surface area contributed by atoms with E-state index in [-0.39, 0.29) is 24.0 Å². The number of aliphatic hydroxyl groups excluding tert-OH is 1. The van der Waals surface area contributed by atoms with Gasteiger partial charge in [-0.05, 0) is 86.5 Å². The molecule has 0 aliphatic carbocycles. The van der Waals surface area contributed by atoms with E-state index in [1.54, 1.807) is 18.3 Å². The molecule has 0 spiro atoms. The lowest BCUT2D eigenvalue weighted by atomic mass is 9.85. The van der Waals surface area contributed by atoms with E-state index in [1.165, 1.54) is 12.1 Å². The number of fused-ring (bicyclic) bond motifs is 1. The highest BCUT2D eigenvalue weighted by Crippen LogP contribution is 2.35. The molecule has 202 valence electrons. The van der Waals surface area contributed by atoms with Gasteiger partial charge in [0.05, 0.1) is 6.61 Å². The van der Waals surface area contributed by atoms with Crippen LogP contribution in [0.5, 0.6) is 0 Å². The summed E-state index contributed by atoms with van der Waals surface area (Å²) < 4.78 is 53.8. The summed E-state index contributed by atoms with van der Waals surface area (Å²) in [4.78, 5) is 19.9. The van der Waals surface area contributed by atoms with E-state index in [0.29, 0.717) is 37.1 Å². The molecule has 1 atom stereocenters. The molecule has 3 aromatic rings. The Balaban J connectivity index is 1.14. The third-order valence-corrected chi connectivity index (χ3v) is 8.12. The second kappa shape index (κ2) is 11.3. The number of nitrogens with zero attached hydrogens (tertiary/aromatic N) is 2. The largest absolute Gasteiger partial charge is 0.395 e. The predicted molar refractivity (Wildman–Crippen MR) is 137 cm³/mol. The fourth-order valence-corrected chi connectivity index (χ4v) is 5.98. The Morgan fingerprint density at radius 3 is 2.34 bits per heavy atom. The number of aliphatic hydroxyl groups is 1. The number of aromatic amines is 1. The van der Waals surface area contributed by atoms with Crippen LogP contribution in [0.25, 0.3) is 10.9 Å². The maximum Gasteiger partial charge on any atom is 0.194 e. The van der Waals surface area contributed by atoms with Gasteiger partial charge in [-0.25, -0.2) is 17.6 Å². The van der Waals surface area contributed by atoms with Crippen LogP contribution in [0.2, 0.25) is 0 Å². The molecule has 2 aliphatic rings. The SMILES string of the molecule is O=C(C=CN1CCC(C(CO)N2CCC(c3c[nH]c4ccc(F)cc34)CC2)CC1)c1cc(F)c(F)c(F)c1. The molecule has 5 rings (SSSR count). The third-order valence-electron chi connectivity index (χ3n) is 8.12. The molecule has 0 radical (unpaired) electrons. The van der Waals surface area contributed by atoms with Crippen molar-refractivity contribution in [3.63, 3.8) is 0 Å². The van der Waals surface area contributed by atoms with Crippen LogP contribution in [0, 0.1) is 29.2 Å². The molecule has 1 unspecified atom stereocenters. The van der Waals surface area contributed by atoms with Crippen molar-refractivity contribution in [1.29, 1.82) is 0 Å². The van der Waals surface area contributed by atoms with Gasteiger partial charge in [-0.15, -0.1) is 0 Å². The van der Waals surface area contributed by atoms with Crippen LogP contribution >= 0.6 is 0 Å². The number of rotatable bonds is 7. The number of halogens is 4. The third kappa shape index (κ3) is 5.49. The highest BCUT2D eigenvalue weighted by molar-refractivity contribution is 6.04. The minimum Gasteiger partial charge on any atom is -0.395 e. The average molecular weight is 530 g/mol. The zero-order valence-electron chi connectivity index (χ0n) is 21.0. The first kappa shape index (κ1) is 26.4. The molecule has 38 heavy (non-hydrogen) atoms. The van der Waals surface area contributed by atoms with Gasteiger partial charge in [0.15, 0.2) is 23.2 Å². The van der Waals surface area contributed by atoms with E-state index in [0.717, 1.165) is 55.2 Å². The second-order valence-corrected chi connectivity index (χ2v) is 10.3. The van der Waals surface area contributed by atoms with E-state index in [9.17, 15) is 27.5 Å². The van der Waals surface area contributed by atoms with Gasteiger partial charge < -0.3 is 15.0 Å². The lowest BCUT2D eigenvalue weighted by molar-refractivity contribution is 0.0397. The topological polar surface area (TPSA) is 59.6 Å². The Bertz CT molecular complexity index is 1300. The standard InChI is InChI=1S/C29H31F4N3O2/c30-21-1-2-26-22(15-21)23(16-34-26)18-5-11-36(12-6-18)27(17-37)19-3-8-35(9-4-19)10-7-28(38)20-13-24(31)29(33)25(32)14-20/h1-2,7,10,13-16,18-19,27,34,37H,3-6,8-9,11-12,17H2. The Labute approximate surface area is 218 Å². The second-order valence-electron chi connectivity index (χ2n) is 10.3. The number of likely N-dealkylation sites (tertiary alicyclic amines) is 2. The molecule has 1 aromatic heterocycles. The van der Waals surface area contributed by atoms with Crippen molar-refractivity contribution in [2.24, 2.45) is 5.92 Å². The first-order chi connectivity index (χ1) is 18.3. The summed E-state index contributed by atoms with van der Waals surface area (Å²) >= 11 is 0. The first-order valence-electron chi connectivity index (χ1n) is 13.1. The van der Waals surface area contributed by atoms with Gasteiger partial charge in [0.1, 0.15) is 5.82 Å². The van der Waals surface area contributed by atoms with Gasteiger partial charge in [-0.1, -0.05) is 0 Å². The molecular formula is C29H31F4N3O2. The Kier molecular flexibility index (Phi) is 7.85. The number of carbonyl (C=O) groups excluding carboxylic acids is 1. The van der Waals surface area contributed by atoms with Crippen LogP contribution in [-0.2, 0) is 0 Å². The van der Waals surface area contributed by atoms with Crippen molar-refractivity contribution < 1.29 is 27.5 Å².